The molecule has 2 aliphatic rings. The Labute approximate surface area is 105 Å². The van der Waals surface area contributed by atoms with Crippen LogP contribution in [0.5, 0.6) is 0 Å². The van der Waals surface area contributed by atoms with E-state index >= 15 is 0 Å². The summed E-state index contributed by atoms with van der Waals surface area (Å²) >= 11 is 0. The van der Waals surface area contributed by atoms with E-state index < -0.39 is 0 Å². The molecule has 0 radical (unpaired) electrons. The van der Waals surface area contributed by atoms with E-state index in [0.717, 1.165) is 19.1 Å². The minimum absolute atomic E-state index is 0. The molecule has 0 saturated carbocycles. The molecule has 2 N–H and O–H groups in total. The van der Waals surface area contributed by atoms with E-state index in [1.807, 2.05) is 0 Å². The first-order chi connectivity index (χ1) is 7.27. The smallest absolute Gasteiger partial charge is 0.0507 e. The number of hydrogen-bond acceptors (Lipinski definition) is 3. The number of nitrogens with zero attached hydrogens (tertiary/aromatic N) is 1. The normalized spacial score (nSPS) is 33.4. The molecule has 0 bridgehead atoms. The van der Waals surface area contributed by atoms with Crippen molar-refractivity contribution in [2.45, 2.75) is 44.7 Å². The molecule has 0 aliphatic carbocycles. The van der Waals surface area contributed by atoms with Gasteiger partial charge in [-0.05, 0) is 38.6 Å². The van der Waals surface area contributed by atoms with E-state index in [0.29, 0.717) is 12.1 Å². The van der Waals surface area contributed by atoms with Crippen molar-refractivity contribution < 1.29 is 4.74 Å². The molecule has 2 fully saturated rings. The van der Waals surface area contributed by atoms with Crippen molar-refractivity contribution in [1.82, 2.24) is 4.90 Å². The van der Waals surface area contributed by atoms with E-state index in [9.17, 15) is 0 Å². The van der Waals surface area contributed by atoms with Gasteiger partial charge in [0.05, 0.1) is 6.61 Å². The first-order valence-electron chi connectivity index (χ1n) is 6.35. The Kier molecular flexibility index (Phi) is 6.05. The lowest BCUT2D eigenvalue weighted by Crippen LogP contribution is -2.50. The van der Waals surface area contributed by atoms with Crippen molar-refractivity contribution >= 4 is 12.4 Å². The molecule has 16 heavy (non-hydrogen) atoms. The Morgan fingerprint density at radius 2 is 2.19 bits per heavy atom. The fourth-order valence-corrected chi connectivity index (χ4v) is 2.90. The second-order valence-corrected chi connectivity index (χ2v) is 5.15. The van der Waals surface area contributed by atoms with Gasteiger partial charge in [0, 0.05) is 25.2 Å². The summed E-state index contributed by atoms with van der Waals surface area (Å²) in [5, 5.41) is 0. The Balaban J connectivity index is 0.00000128. The van der Waals surface area contributed by atoms with Crippen molar-refractivity contribution in [3.8, 4) is 0 Å². The van der Waals surface area contributed by atoms with Crippen LogP contribution in [-0.2, 0) is 4.74 Å². The first kappa shape index (κ1) is 14.2. The summed E-state index contributed by atoms with van der Waals surface area (Å²) in [6.45, 7) is 6.51. The van der Waals surface area contributed by atoms with Gasteiger partial charge in [0.25, 0.3) is 0 Å². The van der Waals surface area contributed by atoms with Crippen molar-refractivity contribution in [3.05, 3.63) is 0 Å². The lowest BCUT2D eigenvalue weighted by atomic mass is 9.95. The maximum absolute atomic E-state index is 6.06. The number of rotatable bonds is 3. The number of piperidine rings is 1. The lowest BCUT2D eigenvalue weighted by Gasteiger charge is -2.39. The standard InChI is InChI=1S/C12H24N2O.ClH/c1-10(13)12-4-2-3-6-14(12)8-11-5-7-15-9-11;/h10-12H,2-9,13H2,1H3;1H. The molecule has 0 aromatic carbocycles. The van der Waals surface area contributed by atoms with Crippen LogP contribution in [0.25, 0.3) is 0 Å². The molecule has 2 rings (SSSR count). The zero-order chi connectivity index (χ0) is 10.7. The Morgan fingerprint density at radius 3 is 2.81 bits per heavy atom. The third kappa shape index (κ3) is 3.59. The molecular formula is C12H25ClN2O. The second kappa shape index (κ2) is 6.80. The predicted octanol–water partition coefficient (Wildman–Crippen LogP) is 1.65. The van der Waals surface area contributed by atoms with Gasteiger partial charge in [-0.2, -0.15) is 0 Å². The highest BCUT2D eigenvalue weighted by Gasteiger charge is 2.28. The van der Waals surface area contributed by atoms with Gasteiger partial charge in [0.15, 0.2) is 0 Å². The summed E-state index contributed by atoms with van der Waals surface area (Å²) < 4.78 is 5.44. The molecule has 3 nitrogen and oxygen atoms in total. The monoisotopic (exact) mass is 248 g/mol. The molecule has 0 amide bonds. The number of hydrogen-bond donors (Lipinski definition) is 1. The van der Waals surface area contributed by atoms with E-state index in [1.165, 1.54) is 38.8 Å². The van der Waals surface area contributed by atoms with Crippen LogP contribution < -0.4 is 5.73 Å². The quantitative estimate of drug-likeness (QED) is 0.826. The third-order valence-electron chi connectivity index (χ3n) is 3.79. The van der Waals surface area contributed by atoms with Crippen LogP contribution in [0.15, 0.2) is 0 Å². The van der Waals surface area contributed by atoms with Crippen LogP contribution >= 0.6 is 12.4 Å². The minimum Gasteiger partial charge on any atom is -0.381 e. The molecule has 0 aromatic rings. The summed E-state index contributed by atoms with van der Waals surface area (Å²) in [6.07, 6.45) is 5.22. The maximum Gasteiger partial charge on any atom is 0.0507 e. The molecule has 2 aliphatic heterocycles. The van der Waals surface area contributed by atoms with Crippen molar-refractivity contribution in [3.63, 3.8) is 0 Å². The topological polar surface area (TPSA) is 38.5 Å². The lowest BCUT2D eigenvalue weighted by molar-refractivity contribution is 0.102. The van der Waals surface area contributed by atoms with Gasteiger partial charge in [0.2, 0.25) is 0 Å². The SMILES string of the molecule is CC(N)C1CCCCN1CC1CCOC1.Cl. The van der Waals surface area contributed by atoms with E-state index in [1.54, 1.807) is 0 Å². The zero-order valence-corrected chi connectivity index (χ0v) is 11.0. The summed E-state index contributed by atoms with van der Waals surface area (Å²) in [5.41, 5.74) is 6.06. The highest BCUT2D eigenvalue weighted by atomic mass is 35.5. The average molecular weight is 249 g/mol. The first-order valence-corrected chi connectivity index (χ1v) is 6.35. The predicted molar refractivity (Wildman–Crippen MR) is 69.0 cm³/mol. The largest absolute Gasteiger partial charge is 0.381 e. The van der Waals surface area contributed by atoms with Crippen LogP contribution in [0.3, 0.4) is 0 Å². The zero-order valence-electron chi connectivity index (χ0n) is 10.2. The number of ether oxygens (including phenoxy) is 1. The summed E-state index contributed by atoms with van der Waals surface area (Å²) in [5.74, 6) is 0.754. The van der Waals surface area contributed by atoms with E-state index in [4.69, 9.17) is 10.5 Å². The summed E-state index contributed by atoms with van der Waals surface area (Å²) in [4.78, 5) is 2.60. The fraction of sp³-hybridized carbons (Fsp3) is 1.00. The molecule has 3 atom stereocenters. The maximum atomic E-state index is 6.06. The van der Waals surface area contributed by atoms with Gasteiger partial charge >= 0.3 is 0 Å². The Morgan fingerprint density at radius 1 is 1.38 bits per heavy atom. The molecule has 2 heterocycles. The van der Waals surface area contributed by atoms with Gasteiger partial charge in [-0.15, -0.1) is 12.4 Å². The van der Waals surface area contributed by atoms with Crippen molar-refractivity contribution in [2.24, 2.45) is 11.7 Å². The van der Waals surface area contributed by atoms with Crippen LogP contribution in [0, 0.1) is 5.92 Å². The minimum atomic E-state index is 0. The number of likely N-dealkylation sites (tertiary alicyclic amines) is 1. The third-order valence-corrected chi connectivity index (χ3v) is 3.79. The van der Waals surface area contributed by atoms with Gasteiger partial charge in [-0.25, -0.2) is 0 Å². The van der Waals surface area contributed by atoms with Gasteiger partial charge in [-0.3, -0.25) is 4.90 Å². The van der Waals surface area contributed by atoms with Crippen LogP contribution in [0.4, 0.5) is 0 Å². The van der Waals surface area contributed by atoms with E-state index in [-0.39, 0.29) is 12.4 Å². The van der Waals surface area contributed by atoms with Gasteiger partial charge in [0.1, 0.15) is 0 Å². The molecule has 2 saturated heterocycles. The molecule has 0 aromatic heterocycles. The van der Waals surface area contributed by atoms with Crippen molar-refractivity contribution in [1.29, 1.82) is 0 Å². The average Bonchev–Trinajstić information content (AvgIpc) is 2.71. The highest BCUT2D eigenvalue weighted by molar-refractivity contribution is 5.85. The van der Waals surface area contributed by atoms with Crippen LogP contribution in [-0.4, -0.2) is 43.3 Å². The molecule has 3 unspecified atom stereocenters. The van der Waals surface area contributed by atoms with Crippen LogP contribution in [0.1, 0.15) is 32.6 Å². The fourth-order valence-electron chi connectivity index (χ4n) is 2.90. The highest BCUT2D eigenvalue weighted by Crippen LogP contribution is 2.22. The Hall–Kier alpha value is 0.170. The summed E-state index contributed by atoms with van der Waals surface area (Å²) in [7, 11) is 0. The van der Waals surface area contributed by atoms with Gasteiger partial charge < -0.3 is 10.5 Å². The molecular weight excluding hydrogens is 224 g/mol. The Bertz CT molecular complexity index is 195. The second-order valence-electron chi connectivity index (χ2n) is 5.15. The molecule has 4 heteroatoms. The summed E-state index contributed by atoms with van der Waals surface area (Å²) in [6, 6.07) is 0.923. The molecule has 96 valence electrons. The van der Waals surface area contributed by atoms with Crippen LogP contribution in [0.2, 0.25) is 0 Å². The van der Waals surface area contributed by atoms with Crippen molar-refractivity contribution in [2.75, 3.05) is 26.3 Å². The van der Waals surface area contributed by atoms with Gasteiger partial charge in [-0.1, -0.05) is 6.42 Å². The van der Waals surface area contributed by atoms with E-state index in [2.05, 4.69) is 11.8 Å². The number of nitrogens with two attached hydrogens (primary N) is 1. The number of halogens is 1. The molecule has 0 spiro atoms.